The fourth-order valence-electron chi connectivity index (χ4n) is 1.83. The Morgan fingerprint density at radius 1 is 1.06 bits per heavy atom. The third kappa shape index (κ3) is 7.37. The molecule has 2 atom stereocenters. The molecule has 0 aliphatic carbocycles. The summed E-state index contributed by atoms with van der Waals surface area (Å²) >= 11 is 0. The molecule has 2 unspecified atom stereocenters. The Balaban J connectivity index is 3.96. The molecule has 17 heavy (non-hydrogen) atoms. The van der Waals surface area contributed by atoms with Gasteiger partial charge in [-0.15, -0.1) is 0 Å². The molecule has 0 aromatic carbocycles. The molecule has 0 heterocycles. The van der Waals surface area contributed by atoms with Gasteiger partial charge in [-0.1, -0.05) is 27.7 Å². The van der Waals surface area contributed by atoms with E-state index in [1.807, 2.05) is 0 Å². The number of nitrogens with two attached hydrogens (primary N) is 1. The lowest BCUT2D eigenvalue weighted by atomic mass is 9.88. The Morgan fingerprint density at radius 3 is 2.06 bits per heavy atom. The molecule has 0 rings (SSSR count). The number of nitrogens with one attached hydrogen (secondary N) is 1. The molecule has 0 aromatic heterocycles. The normalized spacial score (nSPS) is 15.1. The minimum Gasteiger partial charge on any atom is -0.353 e. The molecule has 102 valence electrons. The molecule has 0 bridgehead atoms. The SMILES string of the molecule is CC(C)C(CCN)CCC(=O)NC(C)C(C)C. The third-order valence-corrected chi connectivity index (χ3v) is 3.61. The summed E-state index contributed by atoms with van der Waals surface area (Å²) < 4.78 is 0. The van der Waals surface area contributed by atoms with Crippen LogP contribution in [0.3, 0.4) is 0 Å². The summed E-state index contributed by atoms with van der Waals surface area (Å²) in [5, 5.41) is 3.05. The third-order valence-electron chi connectivity index (χ3n) is 3.61. The van der Waals surface area contributed by atoms with E-state index in [0.717, 1.165) is 12.8 Å². The number of rotatable bonds is 8. The zero-order valence-electron chi connectivity index (χ0n) is 12.1. The Hall–Kier alpha value is -0.570. The van der Waals surface area contributed by atoms with Crippen LogP contribution in [0.5, 0.6) is 0 Å². The fourth-order valence-corrected chi connectivity index (χ4v) is 1.83. The number of amides is 1. The molecule has 0 saturated heterocycles. The lowest BCUT2D eigenvalue weighted by molar-refractivity contribution is -0.122. The molecular formula is C14H30N2O. The van der Waals surface area contributed by atoms with Crippen LogP contribution < -0.4 is 11.1 Å². The molecule has 0 aliphatic rings. The second-order valence-electron chi connectivity index (χ2n) is 5.72. The molecule has 0 fully saturated rings. The molecule has 3 nitrogen and oxygen atoms in total. The van der Waals surface area contributed by atoms with E-state index in [0.29, 0.717) is 30.7 Å². The van der Waals surface area contributed by atoms with E-state index in [4.69, 9.17) is 5.73 Å². The topological polar surface area (TPSA) is 55.1 Å². The second-order valence-corrected chi connectivity index (χ2v) is 5.72. The van der Waals surface area contributed by atoms with Crippen LogP contribution in [-0.4, -0.2) is 18.5 Å². The summed E-state index contributed by atoms with van der Waals surface area (Å²) in [6.07, 6.45) is 2.59. The maximum atomic E-state index is 11.7. The summed E-state index contributed by atoms with van der Waals surface area (Å²) in [6, 6.07) is 0.259. The molecule has 0 saturated carbocycles. The predicted molar refractivity (Wildman–Crippen MR) is 73.7 cm³/mol. The fraction of sp³-hybridized carbons (Fsp3) is 0.929. The Kier molecular flexibility index (Phi) is 8.23. The van der Waals surface area contributed by atoms with Gasteiger partial charge in [0, 0.05) is 12.5 Å². The Morgan fingerprint density at radius 2 is 1.65 bits per heavy atom. The molecule has 0 aliphatic heterocycles. The van der Waals surface area contributed by atoms with Crippen molar-refractivity contribution in [2.45, 2.75) is 59.9 Å². The average Bonchev–Trinajstić information content (AvgIpc) is 2.23. The van der Waals surface area contributed by atoms with Crippen molar-refractivity contribution >= 4 is 5.91 Å². The van der Waals surface area contributed by atoms with Crippen LogP contribution in [0.4, 0.5) is 0 Å². The zero-order valence-corrected chi connectivity index (χ0v) is 12.1. The second kappa shape index (κ2) is 8.51. The first-order valence-corrected chi connectivity index (χ1v) is 6.87. The van der Waals surface area contributed by atoms with Crippen molar-refractivity contribution in [1.29, 1.82) is 0 Å². The van der Waals surface area contributed by atoms with Crippen molar-refractivity contribution in [2.24, 2.45) is 23.5 Å². The maximum absolute atomic E-state index is 11.7. The number of hydrogen-bond donors (Lipinski definition) is 2. The van der Waals surface area contributed by atoms with Crippen molar-refractivity contribution < 1.29 is 4.79 Å². The zero-order chi connectivity index (χ0) is 13.4. The monoisotopic (exact) mass is 242 g/mol. The number of carbonyl (C=O) groups is 1. The summed E-state index contributed by atoms with van der Waals surface area (Å²) in [6.45, 7) is 11.4. The minimum atomic E-state index is 0.175. The van der Waals surface area contributed by atoms with E-state index in [1.54, 1.807) is 0 Å². The lowest BCUT2D eigenvalue weighted by Gasteiger charge is -2.21. The van der Waals surface area contributed by atoms with Crippen molar-refractivity contribution in [1.82, 2.24) is 5.32 Å². The molecule has 3 heteroatoms. The standard InChI is InChI=1S/C14H30N2O/c1-10(2)12(5)16-14(17)7-6-13(8-9-15)11(3)4/h10-13H,6-9,15H2,1-5H3,(H,16,17). The van der Waals surface area contributed by atoms with Gasteiger partial charge >= 0.3 is 0 Å². The van der Waals surface area contributed by atoms with E-state index in [2.05, 4.69) is 39.9 Å². The van der Waals surface area contributed by atoms with Gasteiger partial charge in [0.05, 0.1) is 0 Å². The van der Waals surface area contributed by atoms with E-state index in [9.17, 15) is 4.79 Å². The maximum Gasteiger partial charge on any atom is 0.220 e. The average molecular weight is 242 g/mol. The number of carbonyl (C=O) groups excluding carboxylic acids is 1. The van der Waals surface area contributed by atoms with Gasteiger partial charge in [-0.2, -0.15) is 0 Å². The summed E-state index contributed by atoms with van der Waals surface area (Å²) in [5.74, 6) is 1.84. The highest BCUT2D eigenvalue weighted by atomic mass is 16.1. The minimum absolute atomic E-state index is 0.175. The van der Waals surface area contributed by atoms with E-state index in [1.165, 1.54) is 0 Å². The van der Waals surface area contributed by atoms with Crippen molar-refractivity contribution in [3.63, 3.8) is 0 Å². The van der Waals surface area contributed by atoms with Crippen molar-refractivity contribution in [3.8, 4) is 0 Å². The van der Waals surface area contributed by atoms with Gasteiger partial charge in [-0.05, 0) is 44.1 Å². The summed E-state index contributed by atoms with van der Waals surface area (Å²) in [4.78, 5) is 11.7. The molecule has 3 N–H and O–H groups in total. The first-order valence-electron chi connectivity index (χ1n) is 6.87. The molecule has 0 spiro atoms. The van der Waals surface area contributed by atoms with Gasteiger partial charge < -0.3 is 11.1 Å². The highest BCUT2D eigenvalue weighted by Gasteiger charge is 2.16. The van der Waals surface area contributed by atoms with Crippen molar-refractivity contribution in [2.75, 3.05) is 6.54 Å². The van der Waals surface area contributed by atoms with Gasteiger partial charge in [0.1, 0.15) is 0 Å². The number of hydrogen-bond acceptors (Lipinski definition) is 2. The van der Waals surface area contributed by atoms with Crippen LogP contribution in [0.15, 0.2) is 0 Å². The molecule has 0 aromatic rings. The first-order chi connectivity index (χ1) is 7.88. The first kappa shape index (κ1) is 16.4. The molecular weight excluding hydrogens is 212 g/mol. The van der Waals surface area contributed by atoms with Crippen LogP contribution in [0.1, 0.15) is 53.9 Å². The van der Waals surface area contributed by atoms with Gasteiger partial charge in [0.25, 0.3) is 0 Å². The molecule has 1 amide bonds. The van der Waals surface area contributed by atoms with Crippen LogP contribution >= 0.6 is 0 Å². The highest BCUT2D eigenvalue weighted by molar-refractivity contribution is 5.76. The van der Waals surface area contributed by atoms with E-state index >= 15 is 0 Å². The lowest BCUT2D eigenvalue weighted by Crippen LogP contribution is -2.36. The highest BCUT2D eigenvalue weighted by Crippen LogP contribution is 2.20. The Labute approximate surface area is 107 Å². The van der Waals surface area contributed by atoms with Crippen LogP contribution in [0.25, 0.3) is 0 Å². The summed E-state index contributed by atoms with van der Waals surface area (Å²) in [7, 11) is 0. The van der Waals surface area contributed by atoms with Crippen LogP contribution in [0.2, 0.25) is 0 Å². The van der Waals surface area contributed by atoms with E-state index < -0.39 is 0 Å². The van der Waals surface area contributed by atoms with Crippen LogP contribution in [0, 0.1) is 17.8 Å². The van der Waals surface area contributed by atoms with Crippen molar-refractivity contribution in [3.05, 3.63) is 0 Å². The summed E-state index contributed by atoms with van der Waals surface area (Å²) in [5.41, 5.74) is 5.59. The largest absolute Gasteiger partial charge is 0.353 e. The van der Waals surface area contributed by atoms with Gasteiger partial charge in [-0.25, -0.2) is 0 Å². The van der Waals surface area contributed by atoms with E-state index in [-0.39, 0.29) is 11.9 Å². The van der Waals surface area contributed by atoms with Gasteiger partial charge in [-0.3, -0.25) is 4.79 Å². The quantitative estimate of drug-likeness (QED) is 0.687. The Bertz CT molecular complexity index is 214. The molecule has 0 radical (unpaired) electrons. The van der Waals surface area contributed by atoms with Crippen LogP contribution in [-0.2, 0) is 4.79 Å². The smallest absolute Gasteiger partial charge is 0.220 e. The van der Waals surface area contributed by atoms with Gasteiger partial charge in [0.15, 0.2) is 0 Å². The van der Waals surface area contributed by atoms with Gasteiger partial charge in [0.2, 0.25) is 5.91 Å². The predicted octanol–water partition coefficient (Wildman–Crippen LogP) is 2.55.